The van der Waals surface area contributed by atoms with Crippen LogP contribution in [-0.4, -0.2) is 40.1 Å². The molecule has 0 saturated carbocycles. The molecule has 8 heteroatoms. The van der Waals surface area contributed by atoms with Crippen molar-refractivity contribution in [1.29, 1.82) is 0 Å². The van der Waals surface area contributed by atoms with Gasteiger partial charge in [-0.2, -0.15) is 0 Å². The number of aromatic nitrogens is 3. The highest BCUT2D eigenvalue weighted by atomic mass is 32.2. The summed E-state index contributed by atoms with van der Waals surface area (Å²) < 4.78 is 31.6. The molecule has 0 unspecified atom stereocenters. The third-order valence-electron chi connectivity index (χ3n) is 6.08. The summed E-state index contributed by atoms with van der Waals surface area (Å²) in [4.78, 5) is 11.1. The molecule has 5 nitrogen and oxygen atoms in total. The minimum Gasteiger partial charge on any atom is -0.365 e. The van der Waals surface area contributed by atoms with Crippen LogP contribution in [0.25, 0.3) is 22.2 Å². The van der Waals surface area contributed by atoms with E-state index in [1.807, 2.05) is 34.4 Å². The highest BCUT2D eigenvalue weighted by Gasteiger charge is 2.48. The van der Waals surface area contributed by atoms with Crippen molar-refractivity contribution < 1.29 is 8.78 Å². The molecule has 31 heavy (non-hydrogen) atoms. The molecule has 3 aromatic heterocycles. The SMILES string of the molecule is Fc1cc(Sn2ccc3c(-c4ccccn4)cncc32)cc(F)c1N1CC2(CNC2)C1. The first-order valence-corrected chi connectivity index (χ1v) is 10.9. The first kappa shape index (κ1) is 18.8. The summed E-state index contributed by atoms with van der Waals surface area (Å²) >= 11 is 1.27. The van der Waals surface area contributed by atoms with E-state index in [-0.39, 0.29) is 11.1 Å². The monoisotopic (exact) mass is 435 g/mol. The standard InChI is InChI=1S/C23H19F2N5S/c24-18-7-15(8-19(25)22(18)29-13-23(14-29)11-27-12-23)31-30-6-4-16-17(9-26-10-21(16)30)20-3-1-2-5-28-20/h1-10,27H,11-14H2. The Bertz CT molecular complexity index is 1250. The molecule has 2 fully saturated rings. The summed E-state index contributed by atoms with van der Waals surface area (Å²) in [6, 6.07) is 10.5. The average Bonchev–Trinajstić information content (AvgIpc) is 3.11. The van der Waals surface area contributed by atoms with Gasteiger partial charge in [-0.05, 0) is 42.3 Å². The second-order valence-electron chi connectivity index (χ2n) is 8.26. The fraction of sp³-hybridized carbons (Fsp3) is 0.217. The zero-order chi connectivity index (χ0) is 21.0. The molecular weight excluding hydrogens is 416 g/mol. The molecule has 0 amide bonds. The van der Waals surface area contributed by atoms with E-state index >= 15 is 0 Å². The van der Waals surface area contributed by atoms with E-state index in [1.165, 1.54) is 24.1 Å². The normalized spacial score (nSPS) is 17.0. The zero-order valence-electron chi connectivity index (χ0n) is 16.6. The first-order chi connectivity index (χ1) is 15.1. The summed E-state index contributed by atoms with van der Waals surface area (Å²) in [5.41, 5.74) is 2.90. The molecular formula is C23H19F2N5S. The van der Waals surface area contributed by atoms with Gasteiger partial charge in [-0.25, -0.2) is 8.78 Å². The Morgan fingerprint density at radius 2 is 1.84 bits per heavy atom. The number of nitrogens with one attached hydrogen (secondary N) is 1. The van der Waals surface area contributed by atoms with Gasteiger partial charge in [-0.15, -0.1) is 0 Å². The van der Waals surface area contributed by atoms with Gasteiger partial charge in [0.05, 0.1) is 17.4 Å². The molecule has 1 spiro atoms. The van der Waals surface area contributed by atoms with Gasteiger partial charge in [-0.1, -0.05) is 6.07 Å². The lowest BCUT2D eigenvalue weighted by Crippen LogP contribution is -2.71. The van der Waals surface area contributed by atoms with Crippen molar-refractivity contribution in [3.63, 3.8) is 0 Å². The quantitative estimate of drug-likeness (QED) is 0.517. The molecule has 156 valence electrons. The van der Waals surface area contributed by atoms with Gasteiger partial charge < -0.3 is 10.2 Å². The number of halogens is 2. The number of anilines is 1. The van der Waals surface area contributed by atoms with Crippen LogP contribution in [0.15, 0.2) is 66.1 Å². The Kier molecular flexibility index (Phi) is 4.26. The second kappa shape index (κ2) is 7.03. The van der Waals surface area contributed by atoms with Gasteiger partial charge in [0.1, 0.15) is 5.69 Å². The molecule has 2 aliphatic heterocycles. The van der Waals surface area contributed by atoms with Gasteiger partial charge in [0.25, 0.3) is 0 Å². The van der Waals surface area contributed by atoms with Crippen LogP contribution in [0.2, 0.25) is 0 Å². The van der Waals surface area contributed by atoms with Crippen LogP contribution < -0.4 is 10.2 Å². The largest absolute Gasteiger partial charge is 0.365 e. The van der Waals surface area contributed by atoms with Crippen LogP contribution in [0.1, 0.15) is 0 Å². The minimum atomic E-state index is -0.520. The van der Waals surface area contributed by atoms with Crippen LogP contribution in [0, 0.1) is 17.0 Å². The van der Waals surface area contributed by atoms with Crippen molar-refractivity contribution in [1.82, 2.24) is 19.3 Å². The molecule has 4 aromatic rings. The molecule has 0 aliphatic carbocycles. The number of hydrogen-bond donors (Lipinski definition) is 1. The fourth-order valence-corrected chi connectivity index (χ4v) is 5.38. The van der Waals surface area contributed by atoms with Gasteiger partial charge in [0.2, 0.25) is 0 Å². The molecule has 2 aliphatic rings. The maximum Gasteiger partial charge on any atom is 0.150 e. The van der Waals surface area contributed by atoms with E-state index in [9.17, 15) is 8.78 Å². The van der Waals surface area contributed by atoms with Crippen molar-refractivity contribution >= 4 is 28.5 Å². The molecule has 0 bridgehead atoms. The van der Waals surface area contributed by atoms with Crippen LogP contribution in [0.3, 0.4) is 0 Å². The number of benzene rings is 1. The smallest absolute Gasteiger partial charge is 0.150 e. The number of fused-ring (bicyclic) bond motifs is 1. The Hall–Kier alpha value is -2.97. The van der Waals surface area contributed by atoms with E-state index in [4.69, 9.17) is 0 Å². The van der Waals surface area contributed by atoms with E-state index in [0.717, 1.165) is 35.2 Å². The van der Waals surface area contributed by atoms with Crippen molar-refractivity contribution in [2.75, 3.05) is 31.1 Å². The molecule has 1 aromatic carbocycles. The van der Waals surface area contributed by atoms with Crippen molar-refractivity contribution in [3.05, 3.63) is 72.8 Å². The number of rotatable bonds is 4. The first-order valence-electron chi connectivity index (χ1n) is 10.1. The predicted molar refractivity (Wildman–Crippen MR) is 118 cm³/mol. The van der Waals surface area contributed by atoms with E-state index in [0.29, 0.717) is 18.0 Å². The van der Waals surface area contributed by atoms with Gasteiger partial charge in [-0.3, -0.25) is 13.9 Å². The molecule has 0 radical (unpaired) electrons. The van der Waals surface area contributed by atoms with Crippen LogP contribution in [0.5, 0.6) is 0 Å². The maximum atomic E-state index is 14.8. The van der Waals surface area contributed by atoms with Gasteiger partial charge in [0, 0.05) is 66.0 Å². The molecule has 6 rings (SSSR count). The highest BCUT2D eigenvalue weighted by molar-refractivity contribution is 7.98. The zero-order valence-corrected chi connectivity index (χ0v) is 17.4. The van der Waals surface area contributed by atoms with E-state index < -0.39 is 11.6 Å². The van der Waals surface area contributed by atoms with Crippen molar-refractivity contribution in [2.45, 2.75) is 4.90 Å². The van der Waals surface area contributed by atoms with Crippen molar-refractivity contribution in [2.24, 2.45) is 5.41 Å². The summed E-state index contributed by atoms with van der Waals surface area (Å²) in [6.45, 7) is 3.25. The molecule has 5 heterocycles. The summed E-state index contributed by atoms with van der Waals surface area (Å²) in [6.07, 6.45) is 7.16. The van der Waals surface area contributed by atoms with E-state index in [1.54, 1.807) is 23.5 Å². The lowest BCUT2D eigenvalue weighted by atomic mass is 9.74. The molecule has 2 saturated heterocycles. The summed E-state index contributed by atoms with van der Waals surface area (Å²) in [7, 11) is 0. The lowest BCUT2D eigenvalue weighted by Gasteiger charge is -2.57. The third kappa shape index (κ3) is 3.09. The Balaban J connectivity index is 1.30. The fourth-order valence-electron chi connectivity index (χ4n) is 4.47. The van der Waals surface area contributed by atoms with Crippen molar-refractivity contribution in [3.8, 4) is 11.3 Å². The van der Waals surface area contributed by atoms with Crippen LogP contribution in [0.4, 0.5) is 14.5 Å². The highest BCUT2D eigenvalue weighted by Crippen LogP contribution is 2.41. The second-order valence-corrected chi connectivity index (χ2v) is 9.31. The Morgan fingerprint density at radius 3 is 2.52 bits per heavy atom. The Morgan fingerprint density at radius 1 is 1.03 bits per heavy atom. The van der Waals surface area contributed by atoms with Crippen LogP contribution in [-0.2, 0) is 0 Å². The maximum absolute atomic E-state index is 14.8. The number of pyridine rings is 2. The predicted octanol–water partition coefficient (Wildman–Crippen LogP) is 4.34. The molecule has 0 atom stereocenters. The van der Waals surface area contributed by atoms with E-state index in [2.05, 4.69) is 15.3 Å². The third-order valence-corrected chi connectivity index (χ3v) is 7.05. The van der Waals surface area contributed by atoms with Gasteiger partial charge in [0.15, 0.2) is 11.6 Å². The lowest BCUT2D eigenvalue weighted by molar-refractivity contribution is 0.119. The minimum absolute atomic E-state index is 0.0818. The number of hydrogen-bond acceptors (Lipinski definition) is 5. The average molecular weight is 436 g/mol. The summed E-state index contributed by atoms with van der Waals surface area (Å²) in [5, 5.41) is 4.22. The number of nitrogens with zero attached hydrogens (tertiary/aromatic N) is 4. The molecule has 1 N–H and O–H groups in total. The van der Waals surface area contributed by atoms with Gasteiger partial charge >= 0.3 is 0 Å². The summed E-state index contributed by atoms with van der Waals surface area (Å²) in [5.74, 6) is -1.04. The van der Waals surface area contributed by atoms with Crippen LogP contribution >= 0.6 is 11.9 Å². The Labute approximate surface area is 182 Å². The topological polar surface area (TPSA) is 46.0 Å².